The van der Waals surface area contributed by atoms with E-state index in [1.165, 1.54) is 12.1 Å². The van der Waals surface area contributed by atoms with E-state index in [-0.39, 0.29) is 18.7 Å². The maximum absolute atomic E-state index is 13.4. The molecule has 23 heavy (non-hydrogen) atoms. The maximum Gasteiger partial charge on any atom is 0.407 e. The first-order valence-corrected chi connectivity index (χ1v) is 7.53. The van der Waals surface area contributed by atoms with E-state index < -0.39 is 23.7 Å². The van der Waals surface area contributed by atoms with Gasteiger partial charge in [-0.25, -0.2) is 9.18 Å². The molecule has 0 radical (unpaired) electrons. The largest absolute Gasteiger partial charge is 0.481 e. The summed E-state index contributed by atoms with van der Waals surface area (Å²) < 4.78 is 18.6. The van der Waals surface area contributed by atoms with Crippen molar-refractivity contribution in [1.29, 1.82) is 0 Å². The first kappa shape index (κ1) is 18.9. The highest BCUT2D eigenvalue weighted by molar-refractivity contribution is 5.69. The van der Waals surface area contributed by atoms with E-state index in [0.717, 1.165) is 11.1 Å². The van der Waals surface area contributed by atoms with Crippen LogP contribution in [0.25, 0.3) is 0 Å². The van der Waals surface area contributed by atoms with Crippen LogP contribution in [0.1, 0.15) is 44.7 Å². The molecule has 0 fully saturated rings. The van der Waals surface area contributed by atoms with Crippen molar-refractivity contribution in [1.82, 2.24) is 5.32 Å². The quantitative estimate of drug-likeness (QED) is 0.840. The molecule has 0 aromatic heterocycles. The summed E-state index contributed by atoms with van der Waals surface area (Å²) in [5, 5.41) is 11.5. The van der Waals surface area contributed by atoms with Gasteiger partial charge in [-0.05, 0) is 63.8 Å². The molecular weight excluding hydrogens is 301 g/mol. The first-order valence-electron chi connectivity index (χ1n) is 7.53. The predicted octanol–water partition coefficient (Wildman–Crippen LogP) is 3.43. The fraction of sp³-hybridized carbons (Fsp3) is 0.529. The molecule has 128 valence electrons. The lowest BCUT2D eigenvalue weighted by Crippen LogP contribution is -2.40. The molecule has 0 aliphatic heterocycles. The van der Waals surface area contributed by atoms with E-state index in [4.69, 9.17) is 9.84 Å². The molecule has 1 aromatic carbocycles. The summed E-state index contributed by atoms with van der Waals surface area (Å²) in [5.74, 6) is -1.31. The van der Waals surface area contributed by atoms with Crippen LogP contribution in [0.15, 0.2) is 18.2 Å². The molecule has 0 aliphatic carbocycles. The monoisotopic (exact) mass is 325 g/mol. The van der Waals surface area contributed by atoms with Crippen LogP contribution in [0.3, 0.4) is 0 Å². The molecule has 0 saturated heterocycles. The van der Waals surface area contributed by atoms with Crippen LogP contribution in [-0.2, 0) is 16.0 Å². The highest BCUT2D eigenvalue weighted by atomic mass is 19.1. The molecule has 1 unspecified atom stereocenters. The Hall–Kier alpha value is -2.11. The van der Waals surface area contributed by atoms with Crippen molar-refractivity contribution in [2.45, 2.75) is 58.6 Å². The van der Waals surface area contributed by atoms with Crippen molar-refractivity contribution in [2.24, 2.45) is 0 Å². The number of amides is 1. The Bertz CT molecular complexity index is 566. The Morgan fingerprint density at radius 2 is 2.00 bits per heavy atom. The van der Waals surface area contributed by atoms with Crippen molar-refractivity contribution in [3.8, 4) is 0 Å². The average Bonchev–Trinajstić information content (AvgIpc) is 2.38. The Morgan fingerprint density at radius 3 is 2.57 bits per heavy atom. The molecule has 0 aliphatic rings. The third kappa shape index (κ3) is 7.63. The topological polar surface area (TPSA) is 75.6 Å². The van der Waals surface area contributed by atoms with Crippen molar-refractivity contribution in [3.05, 3.63) is 35.1 Å². The van der Waals surface area contributed by atoms with Gasteiger partial charge in [0.05, 0.1) is 0 Å². The molecular formula is C17H24FNO4. The summed E-state index contributed by atoms with van der Waals surface area (Å²) in [4.78, 5) is 22.7. The number of carboxylic acid groups (broad SMARTS) is 1. The van der Waals surface area contributed by atoms with Crippen LogP contribution >= 0.6 is 0 Å². The molecule has 2 N–H and O–H groups in total. The van der Waals surface area contributed by atoms with Crippen molar-refractivity contribution >= 4 is 12.1 Å². The highest BCUT2D eigenvalue weighted by Crippen LogP contribution is 2.15. The minimum absolute atomic E-state index is 0.0885. The van der Waals surface area contributed by atoms with Crippen LogP contribution in [0, 0.1) is 12.7 Å². The van der Waals surface area contributed by atoms with Crippen LogP contribution in [0.2, 0.25) is 0 Å². The number of benzene rings is 1. The number of hydrogen-bond donors (Lipinski definition) is 2. The number of alkyl carbamates (subject to hydrolysis) is 1. The summed E-state index contributed by atoms with van der Waals surface area (Å²) in [6, 6.07) is 3.99. The Morgan fingerprint density at radius 1 is 1.35 bits per heavy atom. The van der Waals surface area contributed by atoms with Crippen LogP contribution < -0.4 is 5.32 Å². The number of hydrogen-bond acceptors (Lipinski definition) is 3. The second-order valence-corrected chi connectivity index (χ2v) is 6.55. The number of rotatable bonds is 6. The SMILES string of the molecule is Cc1ccc(F)cc1CC(CCC(=O)O)NC(=O)OC(C)(C)C. The second kappa shape index (κ2) is 7.94. The lowest BCUT2D eigenvalue weighted by atomic mass is 9.98. The number of ether oxygens (including phenoxy) is 1. The van der Waals surface area contributed by atoms with E-state index in [1.54, 1.807) is 26.8 Å². The molecule has 1 amide bonds. The normalized spacial score (nSPS) is 12.6. The van der Waals surface area contributed by atoms with Gasteiger partial charge in [0.1, 0.15) is 11.4 Å². The standard InChI is InChI=1S/C17H24FNO4/c1-11-5-6-13(18)9-12(11)10-14(7-8-15(20)21)19-16(22)23-17(2,3)4/h5-6,9,14H,7-8,10H2,1-4H3,(H,19,22)(H,20,21). The van der Waals surface area contributed by atoms with Gasteiger partial charge in [0.25, 0.3) is 0 Å². The second-order valence-electron chi connectivity index (χ2n) is 6.55. The molecule has 6 heteroatoms. The highest BCUT2D eigenvalue weighted by Gasteiger charge is 2.21. The van der Waals surface area contributed by atoms with E-state index in [1.807, 2.05) is 6.92 Å². The van der Waals surface area contributed by atoms with E-state index in [0.29, 0.717) is 6.42 Å². The first-order chi connectivity index (χ1) is 10.6. The van der Waals surface area contributed by atoms with Gasteiger partial charge < -0.3 is 15.2 Å². The fourth-order valence-electron chi connectivity index (χ4n) is 2.12. The summed E-state index contributed by atoms with van der Waals surface area (Å²) in [6.07, 6.45) is -0.114. The van der Waals surface area contributed by atoms with Gasteiger partial charge in [-0.1, -0.05) is 6.07 Å². The lowest BCUT2D eigenvalue weighted by Gasteiger charge is -2.24. The molecule has 0 spiro atoms. The van der Waals surface area contributed by atoms with Crippen LogP contribution in [0.5, 0.6) is 0 Å². The number of carbonyl (C=O) groups is 2. The molecule has 1 aromatic rings. The number of nitrogens with one attached hydrogen (secondary N) is 1. The summed E-state index contributed by atoms with van der Waals surface area (Å²) in [7, 11) is 0. The zero-order chi connectivity index (χ0) is 17.6. The van der Waals surface area contributed by atoms with E-state index >= 15 is 0 Å². The molecule has 5 nitrogen and oxygen atoms in total. The molecule has 1 rings (SSSR count). The minimum Gasteiger partial charge on any atom is -0.481 e. The summed E-state index contributed by atoms with van der Waals surface area (Å²) >= 11 is 0. The van der Waals surface area contributed by atoms with Gasteiger partial charge in [-0.15, -0.1) is 0 Å². The van der Waals surface area contributed by atoms with Crippen molar-refractivity contribution in [3.63, 3.8) is 0 Å². The van der Waals surface area contributed by atoms with E-state index in [2.05, 4.69) is 5.32 Å². The number of carbonyl (C=O) groups excluding carboxylic acids is 1. The van der Waals surface area contributed by atoms with Gasteiger partial charge in [-0.2, -0.15) is 0 Å². The van der Waals surface area contributed by atoms with Crippen molar-refractivity contribution < 1.29 is 23.8 Å². The maximum atomic E-state index is 13.4. The summed E-state index contributed by atoms with van der Waals surface area (Å²) in [5.41, 5.74) is 0.977. The summed E-state index contributed by atoms with van der Waals surface area (Å²) in [6.45, 7) is 7.08. The fourth-order valence-corrected chi connectivity index (χ4v) is 2.12. The van der Waals surface area contributed by atoms with Gasteiger partial charge >= 0.3 is 12.1 Å². The third-order valence-corrected chi connectivity index (χ3v) is 3.21. The molecule has 1 atom stereocenters. The average molecular weight is 325 g/mol. The molecule has 0 bridgehead atoms. The molecule has 0 saturated carbocycles. The zero-order valence-electron chi connectivity index (χ0n) is 14.0. The van der Waals surface area contributed by atoms with Gasteiger partial charge in [0.15, 0.2) is 0 Å². The predicted molar refractivity (Wildman–Crippen MR) is 84.9 cm³/mol. The number of aliphatic carboxylic acids is 1. The lowest BCUT2D eigenvalue weighted by molar-refractivity contribution is -0.137. The molecule has 0 heterocycles. The van der Waals surface area contributed by atoms with Gasteiger partial charge in [0.2, 0.25) is 0 Å². The number of aryl methyl sites for hydroxylation is 1. The Kier molecular flexibility index (Phi) is 6.54. The number of carboxylic acids is 1. The van der Waals surface area contributed by atoms with Crippen LogP contribution in [0.4, 0.5) is 9.18 Å². The van der Waals surface area contributed by atoms with Gasteiger partial charge in [-0.3, -0.25) is 4.79 Å². The Labute approximate surface area is 135 Å². The van der Waals surface area contributed by atoms with Crippen LogP contribution in [-0.4, -0.2) is 28.8 Å². The minimum atomic E-state index is -0.947. The zero-order valence-corrected chi connectivity index (χ0v) is 14.0. The van der Waals surface area contributed by atoms with Gasteiger partial charge in [0, 0.05) is 12.5 Å². The van der Waals surface area contributed by atoms with E-state index in [9.17, 15) is 14.0 Å². The third-order valence-electron chi connectivity index (χ3n) is 3.21. The Balaban J connectivity index is 2.81. The smallest absolute Gasteiger partial charge is 0.407 e. The van der Waals surface area contributed by atoms with Crippen molar-refractivity contribution in [2.75, 3.05) is 0 Å². The number of halogens is 1.